The summed E-state index contributed by atoms with van der Waals surface area (Å²) in [4.78, 5) is 6.79. The van der Waals surface area contributed by atoms with E-state index in [1.807, 2.05) is 7.05 Å². The molecule has 1 atom stereocenters. The number of hydrogen-bond donors (Lipinski definition) is 1. The lowest BCUT2D eigenvalue weighted by molar-refractivity contribution is 0.0536. The Morgan fingerprint density at radius 3 is 2.62 bits per heavy atom. The fourth-order valence-electron chi connectivity index (χ4n) is 3.42. The zero-order valence-corrected chi connectivity index (χ0v) is 18.9. The highest BCUT2D eigenvalue weighted by molar-refractivity contribution is 14.0. The van der Waals surface area contributed by atoms with Crippen LogP contribution in [0, 0.1) is 19.8 Å². The molecule has 1 heterocycles. The number of guanidine groups is 1. The standard InChI is InChI=1S/C20H33N3O2.HI/c1-16-11-17(2)13-18(12-16)5-7-22-20(21-3)23-8-6-19(14-23)15-25-10-9-24-4;/h11-13,19H,5-10,14-15H2,1-4H3,(H,21,22);1H. The topological polar surface area (TPSA) is 46.1 Å². The maximum Gasteiger partial charge on any atom is 0.193 e. The molecule has 1 N–H and O–H groups in total. The minimum Gasteiger partial charge on any atom is -0.382 e. The van der Waals surface area contributed by atoms with Gasteiger partial charge >= 0.3 is 0 Å². The Kier molecular flexibility index (Phi) is 11.2. The van der Waals surface area contributed by atoms with Gasteiger partial charge in [-0.1, -0.05) is 29.3 Å². The first-order chi connectivity index (χ1) is 12.1. The largest absolute Gasteiger partial charge is 0.382 e. The van der Waals surface area contributed by atoms with E-state index in [1.165, 1.54) is 16.7 Å². The second-order valence-electron chi connectivity index (χ2n) is 6.89. The summed E-state index contributed by atoms with van der Waals surface area (Å²) < 4.78 is 10.7. The van der Waals surface area contributed by atoms with Crippen LogP contribution in [-0.4, -0.2) is 64.5 Å². The highest BCUT2D eigenvalue weighted by Gasteiger charge is 2.24. The van der Waals surface area contributed by atoms with Crippen molar-refractivity contribution in [1.82, 2.24) is 10.2 Å². The van der Waals surface area contributed by atoms with Gasteiger partial charge in [-0.05, 0) is 32.3 Å². The molecule has 1 saturated heterocycles. The predicted molar refractivity (Wildman–Crippen MR) is 119 cm³/mol. The van der Waals surface area contributed by atoms with Gasteiger partial charge in [-0.25, -0.2) is 0 Å². The molecule has 0 saturated carbocycles. The molecule has 0 radical (unpaired) electrons. The SMILES string of the molecule is CN=C(NCCc1cc(C)cc(C)c1)N1CCC(COCCOC)C1.I. The number of benzene rings is 1. The smallest absolute Gasteiger partial charge is 0.193 e. The minimum atomic E-state index is 0. The molecule has 1 aliphatic rings. The molecule has 1 aromatic rings. The number of halogens is 1. The number of nitrogens with zero attached hydrogens (tertiary/aromatic N) is 2. The fraction of sp³-hybridized carbons (Fsp3) is 0.650. The van der Waals surface area contributed by atoms with Crippen LogP contribution in [0.15, 0.2) is 23.2 Å². The zero-order valence-electron chi connectivity index (χ0n) is 16.6. The number of aryl methyl sites for hydroxylation is 2. The van der Waals surface area contributed by atoms with Gasteiger partial charge in [-0.15, -0.1) is 24.0 Å². The molecule has 5 nitrogen and oxygen atoms in total. The number of likely N-dealkylation sites (tertiary alicyclic amines) is 1. The van der Waals surface area contributed by atoms with Crippen LogP contribution in [0.1, 0.15) is 23.1 Å². The van der Waals surface area contributed by atoms with Gasteiger partial charge < -0.3 is 19.7 Å². The van der Waals surface area contributed by atoms with Crippen molar-refractivity contribution in [3.05, 3.63) is 34.9 Å². The maximum absolute atomic E-state index is 5.67. The van der Waals surface area contributed by atoms with Crippen LogP contribution >= 0.6 is 24.0 Å². The molecule has 1 fully saturated rings. The number of rotatable bonds is 8. The van der Waals surface area contributed by atoms with E-state index in [0.29, 0.717) is 19.1 Å². The molecular weight excluding hydrogens is 441 g/mol. The Bertz CT molecular complexity index is 546. The van der Waals surface area contributed by atoms with E-state index in [0.717, 1.165) is 45.0 Å². The van der Waals surface area contributed by atoms with Gasteiger partial charge in [0.1, 0.15) is 0 Å². The molecule has 0 amide bonds. The van der Waals surface area contributed by atoms with Crippen LogP contribution in [0.3, 0.4) is 0 Å². The second kappa shape index (κ2) is 12.5. The first-order valence-electron chi connectivity index (χ1n) is 9.22. The van der Waals surface area contributed by atoms with E-state index >= 15 is 0 Å². The molecule has 26 heavy (non-hydrogen) atoms. The van der Waals surface area contributed by atoms with Crippen molar-refractivity contribution >= 4 is 29.9 Å². The average Bonchev–Trinajstić information content (AvgIpc) is 3.03. The minimum absolute atomic E-state index is 0. The van der Waals surface area contributed by atoms with Crippen LogP contribution in [-0.2, 0) is 15.9 Å². The monoisotopic (exact) mass is 475 g/mol. The third kappa shape index (κ3) is 7.80. The van der Waals surface area contributed by atoms with E-state index in [2.05, 4.69) is 47.3 Å². The van der Waals surface area contributed by atoms with Gasteiger partial charge in [0, 0.05) is 39.7 Å². The Labute approximate surface area is 175 Å². The Morgan fingerprint density at radius 2 is 1.96 bits per heavy atom. The van der Waals surface area contributed by atoms with Crippen molar-refractivity contribution in [2.75, 3.05) is 53.6 Å². The number of nitrogens with one attached hydrogen (secondary N) is 1. The first kappa shape index (κ1) is 23.2. The van der Waals surface area contributed by atoms with Crippen molar-refractivity contribution in [2.45, 2.75) is 26.7 Å². The van der Waals surface area contributed by atoms with Gasteiger partial charge in [0.25, 0.3) is 0 Å². The molecule has 6 heteroatoms. The van der Waals surface area contributed by atoms with E-state index in [4.69, 9.17) is 9.47 Å². The average molecular weight is 475 g/mol. The van der Waals surface area contributed by atoms with Gasteiger partial charge in [0.2, 0.25) is 0 Å². The molecule has 1 unspecified atom stereocenters. The lowest BCUT2D eigenvalue weighted by Crippen LogP contribution is -2.41. The second-order valence-corrected chi connectivity index (χ2v) is 6.89. The highest BCUT2D eigenvalue weighted by atomic mass is 127. The summed E-state index contributed by atoms with van der Waals surface area (Å²) in [6.07, 6.45) is 2.17. The van der Waals surface area contributed by atoms with Crippen molar-refractivity contribution in [3.63, 3.8) is 0 Å². The van der Waals surface area contributed by atoms with Crippen LogP contribution in [0.25, 0.3) is 0 Å². The third-order valence-electron chi connectivity index (χ3n) is 4.56. The third-order valence-corrected chi connectivity index (χ3v) is 4.56. The summed E-state index contributed by atoms with van der Waals surface area (Å²) in [5.74, 6) is 1.58. The summed E-state index contributed by atoms with van der Waals surface area (Å²) >= 11 is 0. The lowest BCUT2D eigenvalue weighted by atomic mass is 10.1. The van der Waals surface area contributed by atoms with Gasteiger partial charge in [-0.2, -0.15) is 0 Å². The molecule has 0 aliphatic carbocycles. The summed E-state index contributed by atoms with van der Waals surface area (Å²) in [6.45, 7) is 9.41. The van der Waals surface area contributed by atoms with Gasteiger partial charge in [-0.3, -0.25) is 4.99 Å². The predicted octanol–water partition coefficient (Wildman–Crippen LogP) is 3.02. The normalized spacial score (nSPS) is 17.3. The van der Waals surface area contributed by atoms with E-state index < -0.39 is 0 Å². The molecule has 0 aromatic heterocycles. The maximum atomic E-state index is 5.67. The number of ether oxygens (including phenoxy) is 2. The van der Waals surface area contributed by atoms with Crippen LogP contribution in [0.2, 0.25) is 0 Å². The van der Waals surface area contributed by atoms with Crippen molar-refractivity contribution < 1.29 is 9.47 Å². The van der Waals surface area contributed by atoms with Gasteiger partial charge in [0.05, 0.1) is 19.8 Å². The number of aliphatic imine (C=N–C) groups is 1. The van der Waals surface area contributed by atoms with Crippen LogP contribution < -0.4 is 5.32 Å². The molecule has 0 spiro atoms. The van der Waals surface area contributed by atoms with Crippen molar-refractivity contribution in [2.24, 2.45) is 10.9 Å². The first-order valence-corrected chi connectivity index (χ1v) is 9.22. The summed E-state index contributed by atoms with van der Waals surface area (Å²) in [5, 5.41) is 3.51. The van der Waals surface area contributed by atoms with Gasteiger partial charge in [0.15, 0.2) is 5.96 Å². The molecule has 1 aromatic carbocycles. The van der Waals surface area contributed by atoms with Crippen LogP contribution in [0.5, 0.6) is 0 Å². The molecular formula is C20H34IN3O2. The molecule has 0 bridgehead atoms. The Hall–Kier alpha value is -0.860. The van der Waals surface area contributed by atoms with Crippen molar-refractivity contribution in [1.29, 1.82) is 0 Å². The number of hydrogen-bond acceptors (Lipinski definition) is 3. The quantitative estimate of drug-likeness (QED) is 0.272. The van der Waals surface area contributed by atoms with E-state index in [9.17, 15) is 0 Å². The summed E-state index contributed by atoms with van der Waals surface area (Å²) in [6, 6.07) is 6.75. The lowest BCUT2D eigenvalue weighted by Gasteiger charge is -2.22. The molecule has 148 valence electrons. The highest BCUT2D eigenvalue weighted by Crippen LogP contribution is 2.16. The Morgan fingerprint density at radius 1 is 1.23 bits per heavy atom. The van der Waals surface area contributed by atoms with Crippen LogP contribution in [0.4, 0.5) is 0 Å². The summed E-state index contributed by atoms with van der Waals surface area (Å²) in [5.41, 5.74) is 4.04. The zero-order chi connectivity index (χ0) is 18.1. The summed E-state index contributed by atoms with van der Waals surface area (Å²) in [7, 11) is 3.57. The fourth-order valence-corrected chi connectivity index (χ4v) is 3.42. The number of methoxy groups -OCH3 is 1. The molecule has 2 rings (SSSR count). The van der Waals surface area contributed by atoms with Crippen molar-refractivity contribution in [3.8, 4) is 0 Å². The molecule has 1 aliphatic heterocycles. The van der Waals surface area contributed by atoms with E-state index in [1.54, 1.807) is 7.11 Å². The van der Waals surface area contributed by atoms with E-state index in [-0.39, 0.29) is 24.0 Å². The Balaban J connectivity index is 0.00000338.